The molecule has 1 unspecified atom stereocenters. The van der Waals surface area contributed by atoms with E-state index in [0.29, 0.717) is 0 Å². The fourth-order valence-electron chi connectivity index (χ4n) is 3.93. The van der Waals surface area contributed by atoms with E-state index in [2.05, 4.69) is 9.97 Å². The molecule has 4 rings (SSSR count). The van der Waals surface area contributed by atoms with Gasteiger partial charge in [-0.2, -0.15) is 3.89 Å². The Kier molecular flexibility index (Phi) is 5.63. The van der Waals surface area contributed by atoms with E-state index < -0.39 is 65.3 Å². The SMILES string of the molecule is CCc1nc2c3c(c(Cl)c(SF)c(F)c3n1)OCC(C1(C(F)F)CC1)N2CC(F)F. The molecule has 2 heterocycles. The summed E-state index contributed by atoms with van der Waals surface area (Å²) in [6, 6.07) is -1.15. The predicted octanol–water partition coefficient (Wildman–Crippen LogP) is 5.84. The van der Waals surface area contributed by atoms with Gasteiger partial charge in [-0.3, -0.25) is 0 Å². The maximum atomic E-state index is 15.0. The zero-order valence-electron chi connectivity index (χ0n) is 15.6. The summed E-state index contributed by atoms with van der Waals surface area (Å²) in [7, 11) is 0. The van der Waals surface area contributed by atoms with Gasteiger partial charge in [0.25, 0.3) is 6.43 Å². The van der Waals surface area contributed by atoms with Gasteiger partial charge in [-0.05, 0) is 12.8 Å². The molecule has 1 aliphatic heterocycles. The standard InChI is InChI=1S/C18H16ClF6N3OS/c1-2-9-26-13-10-14(11(19)15(30-25)12(13)22)29-6-7(18(3-4-18)17(23)24)28(5-8(20)21)16(10)27-9/h7-8,17H,2-6H2,1H3. The van der Waals surface area contributed by atoms with Crippen molar-refractivity contribution in [2.24, 2.45) is 5.41 Å². The van der Waals surface area contributed by atoms with Crippen LogP contribution >= 0.6 is 23.7 Å². The van der Waals surface area contributed by atoms with E-state index >= 15 is 0 Å². The van der Waals surface area contributed by atoms with Crippen molar-refractivity contribution in [3.05, 3.63) is 16.7 Å². The van der Waals surface area contributed by atoms with Gasteiger partial charge < -0.3 is 9.64 Å². The largest absolute Gasteiger partial charge is 0.489 e. The third kappa shape index (κ3) is 3.24. The zero-order chi connectivity index (χ0) is 21.8. The molecule has 4 nitrogen and oxygen atoms in total. The lowest BCUT2D eigenvalue weighted by Gasteiger charge is -2.36. The number of aryl methyl sites for hydroxylation is 1. The summed E-state index contributed by atoms with van der Waals surface area (Å²) >= 11 is 5.69. The van der Waals surface area contributed by atoms with Gasteiger partial charge in [0.15, 0.2) is 11.6 Å². The molecule has 0 amide bonds. The Balaban J connectivity index is 2.03. The van der Waals surface area contributed by atoms with E-state index in [9.17, 15) is 25.8 Å². The van der Waals surface area contributed by atoms with Crippen LogP contribution in [0.1, 0.15) is 25.6 Å². The molecule has 0 saturated heterocycles. The normalized spacial score (nSPS) is 20.1. The Morgan fingerprint density at radius 3 is 2.50 bits per heavy atom. The molecule has 12 heteroatoms. The molecule has 0 spiro atoms. The summed E-state index contributed by atoms with van der Waals surface area (Å²) in [5, 5.41) is -0.540. The van der Waals surface area contributed by atoms with Gasteiger partial charge in [-0.25, -0.2) is 31.9 Å². The number of ether oxygens (including phenoxy) is 1. The third-order valence-corrected chi connectivity index (χ3v) is 6.67. The molecule has 2 aromatic rings. The van der Waals surface area contributed by atoms with Crippen molar-refractivity contribution in [3.63, 3.8) is 0 Å². The monoisotopic (exact) mass is 471 g/mol. The second-order valence-electron chi connectivity index (χ2n) is 7.31. The number of rotatable bonds is 6. The molecule has 30 heavy (non-hydrogen) atoms. The van der Waals surface area contributed by atoms with Gasteiger partial charge in [-0.15, -0.1) is 0 Å². The molecular formula is C18H16ClF6N3OS. The number of benzene rings is 1. The van der Waals surface area contributed by atoms with Gasteiger partial charge >= 0.3 is 0 Å². The number of alkyl halides is 4. The quantitative estimate of drug-likeness (QED) is 0.495. The van der Waals surface area contributed by atoms with Gasteiger partial charge in [0, 0.05) is 6.42 Å². The van der Waals surface area contributed by atoms with Crippen molar-refractivity contribution in [1.29, 1.82) is 0 Å². The lowest BCUT2D eigenvalue weighted by atomic mass is 9.95. The number of aromatic nitrogens is 2. The first-order valence-electron chi connectivity index (χ1n) is 9.21. The van der Waals surface area contributed by atoms with Crippen molar-refractivity contribution < 1.29 is 30.6 Å². The minimum Gasteiger partial charge on any atom is -0.489 e. The fraction of sp³-hybridized carbons (Fsp3) is 0.556. The highest BCUT2D eigenvalue weighted by molar-refractivity contribution is 7.94. The average molecular weight is 472 g/mol. The van der Waals surface area contributed by atoms with Crippen LogP contribution in [-0.2, 0) is 6.42 Å². The van der Waals surface area contributed by atoms with Gasteiger partial charge in [0.1, 0.15) is 33.7 Å². The van der Waals surface area contributed by atoms with E-state index in [1.807, 2.05) is 0 Å². The summed E-state index contributed by atoms with van der Waals surface area (Å²) in [5.74, 6) is -1.34. The fourth-order valence-corrected chi connectivity index (χ4v) is 4.57. The first kappa shape index (κ1) is 21.6. The second kappa shape index (κ2) is 7.81. The maximum absolute atomic E-state index is 15.0. The molecular weight excluding hydrogens is 456 g/mol. The molecule has 1 aromatic heterocycles. The lowest BCUT2D eigenvalue weighted by Crippen LogP contribution is -2.50. The average Bonchev–Trinajstić information content (AvgIpc) is 3.51. The number of hydrogen-bond donors (Lipinski definition) is 0. The number of hydrogen-bond acceptors (Lipinski definition) is 5. The van der Waals surface area contributed by atoms with Crippen molar-refractivity contribution in [2.75, 3.05) is 18.1 Å². The van der Waals surface area contributed by atoms with Crippen molar-refractivity contribution in [3.8, 4) is 5.75 Å². The van der Waals surface area contributed by atoms with E-state index in [1.165, 1.54) is 0 Å². The Morgan fingerprint density at radius 2 is 1.97 bits per heavy atom. The molecule has 0 N–H and O–H groups in total. The van der Waals surface area contributed by atoms with Crippen LogP contribution < -0.4 is 9.64 Å². The highest BCUT2D eigenvalue weighted by atomic mass is 35.5. The predicted molar refractivity (Wildman–Crippen MR) is 101 cm³/mol. The van der Waals surface area contributed by atoms with Crippen LogP contribution in [0.5, 0.6) is 5.75 Å². The maximum Gasteiger partial charge on any atom is 0.255 e. The molecule has 1 aliphatic carbocycles. The summed E-state index contributed by atoms with van der Waals surface area (Å²) < 4.78 is 88.8. The van der Waals surface area contributed by atoms with Crippen molar-refractivity contribution in [1.82, 2.24) is 9.97 Å². The van der Waals surface area contributed by atoms with Crippen LogP contribution in [-0.4, -0.2) is 42.0 Å². The molecule has 1 saturated carbocycles. The number of anilines is 1. The Hall–Kier alpha value is -1.62. The molecule has 1 fully saturated rings. The first-order valence-corrected chi connectivity index (χ1v) is 10.3. The van der Waals surface area contributed by atoms with Crippen LogP contribution in [0, 0.1) is 11.2 Å². The van der Waals surface area contributed by atoms with Crippen LogP contribution in [0.4, 0.5) is 31.7 Å². The minimum absolute atomic E-state index is 0.0984. The van der Waals surface area contributed by atoms with Gasteiger partial charge in [0.2, 0.25) is 6.43 Å². The third-order valence-electron chi connectivity index (χ3n) is 5.66. The van der Waals surface area contributed by atoms with Gasteiger partial charge in [-0.1, -0.05) is 18.5 Å². The Bertz CT molecular complexity index is 991. The summed E-state index contributed by atoms with van der Waals surface area (Å²) in [4.78, 5) is 8.82. The van der Waals surface area contributed by atoms with Crippen LogP contribution in [0.2, 0.25) is 5.02 Å². The summed E-state index contributed by atoms with van der Waals surface area (Å²) in [5.41, 5.74) is -1.90. The van der Waals surface area contributed by atoms with E-state index in [4.69, 9.17) is 16.3 Å². The first-order chi connectivity index (χ1) is 14.2. The van der Waals surface area contributed by atoms with E-state index in [0.717, 1.165) is 4.90 Å². The van der Waals surface area contributed by atoms with Crippen molar-refractivity contribution in [2.45, 2.75) is 50.0 Å². The van der Waals surface area contributed by atoms with Crippen LogP contribution in [0.15, 0.2) is 4.90 Å². The molecule has 1 aromatic carbocycles. The highest BCUT2D eigenvalue weighted by Gasteiger charge is 2.60. The summed E-state index contributed by atoms with van der Waals surface area (Å²) in [6.07, 6.45) is -5.19. The van der Waals surface area contributed by atoms with Crippen LogP contribution in [0.25, 0.3) is 10.9 Å². The molecule has 0 radical (unpaired) electrons. The molecule has 164 valence electrons. The molecule has 1 atom stereocenters. The topological polar surface area (TPSA) is 38.3 Å². The van der Waals surface area contributed by atoms with Crippen molar-refractivity contribution >= 4 is 40.5 Å². The van der Waals surface area contributed by atoms with E-state index in [1.54, 1.807) is 6.92 Å². The Labute approximate surface area is 177 Å². The minimum atomic E-state index is -2.88. The molecule has 2 aliphatic rings. The second-order valence-corrected chi connectivity index (χ2v) is 8.25. The Morgan fingerprint density at radius 1 is 1.27 bits per heavy atom. The number of halogens is 7. The summed E-state index contributed by atoms with van der Waals surface area (Å²) in [6.45, 7) is 0.346. The number of nitrogens with zero attached hydrogens (tertiary/aromatic N) is 3. The van der Waals surface area contributed by atoms with E-state index in [-0.39, 0.29) is 47.6 Å². The molecule has 0 bridgehead atoms. The zero-order valence-corrected chi connectivity index (χ0v) is 17.1. The smallest absolute Gasteiger partial charge is 0.255 e. The lowest BCUT2D eigenvalue weighted by molar-refractivity contribution is 0.0297. The van der Waals surface area contributed by atoms with Gasteiger partial charge in [0.05, 0.1) is 35.5 Å². The highest BCUT2D eigenvalue weighted by Crippen LogP contribution is 2.57. The van der Waals surface area contributed by atoms with Crippen LogP contribution in [0.3, 0.4) is 0 Å².